The molecule has 0 aliphatic rings. The van der Waals surface area contributed by atoms with E-state index in [0.29, 0.717) is 22.7 Å². The fourth-order valence-corrected chi connectivity index (χ4v) is 3.79. The van der Waals surface area contributed by atoms with Gasteiger partial charge in [0.1, 0.15) is 11.6 Å². The highest BCUT2D eigenvalue weighted by molar-refractivity contribution is 7.92. The van der Waals surface area contributed by atoms with E-state index in [4.69, 9.17) is 17.3 Å². The lowest BCUT2D eigenvalue weighted by Crippen LogP contribution is -2.13. The molecule has 0 amide bonds. The van der Waals surface area contributed by atoms with Crippen molar-refractivity contribution in [3.63, 3.8) is 0 Å². The molecule has 0 aliphatic heterocycles. The zero-order valence-electron chi connectivity index (χ0n) is 14.0. The van der Waals surface area contributed by atoms with E-state index in [2.05, 4.69) is 19.8 Å². The van der Waals surface area contributed by atoms with Crippen molar-refractivity contribution in [2.45, 2.75) is 4.90 Å². The van der Waals surface area contributed by atoms with Gasteiger partial charge in [0, 0.05) is 11.8 Å². The smallest absolute Gasteiger partial charge is 0.261 e. The van der Waals surface area contributed by atoms with Gasteiger partial charge in [-0.1, -0.05) is 11.6 Å². The SMILES string of the molecule is Nc1cnc2ccc(-c3cnc(Cl)c(NS(=O)(=O)c4ccc(F)cc4)c3)nn12. The van der Waals surface area contributed by atoms with Crippen LogP contribution in [0.1, 0.15) is 0 Å². The number of nitrogens with two attached hydrogens (primary N) is 1. The minimum Gasteiger partial charge on any atom is -0.382 e. The van der Waals surface area contributed by atoms with Gasteiger partial charge in [-0.3, -0.25) is 4.72 Å². The molecule has 0 bridgehead atoms. The number of nitrogen functional groups attached to an aromatic ring is 1. The van der Waals surface area contributed by atoms with Gasteiger partial charge in [-0.25, -0.2) is 22.8 Å². The summed E-state index contributed by atoms with van der Waals surface area (Å²) in [6.45, 7) is 0. The van der Waals surface area contributed by atoms with E-state index < -0.39 is 15.8 Å². The minimum atomic E-state index is -3.98. The molecule has 1 aromatic carbocycles. The van der Waals surface area contributed by atoms with E-state index in [1.807, 2.05) is 0 Å². The number of hydrogen-bond acceptors (Lipinski definition) is 6. The zero-order valence-corrected chi connectivity index (χ0v) is 15.6. The fourth-order valence-electron chi connectivity index (χ4n) is 2.52. The summed E-state index contributed by atoms with van der Waals surface area (Å²) in [6.07, 6.45) is 2.94. The summed E-state index contributed by atoms with van der Waals surface area (Å²) in [4.78, 5) is 8.00. The van der Waals surface area contributed by atoms with Gasteiger partial charge in [0.2, 0.25) is 0 Å². The largest absolute Gasteiger partial charge is 0.382 e. The zero-order chi connectivity index (χ0) is 19.9. The molecule has 11 heteroatoms. The standard InChI is InChI=1S/C17H12ClFN6O2S/c18-17-14(24-28(26,27)12-3-1-11(19)2-4-12)7-10(8-22-17)13-5-6-16-21-9-15(20)25(16)23-13/h1-9,24H,20H2. The van der Waals surface area contributed by atoms with Crippen molar-refractivity contribution in [1.82, 2.24) is 19.6 Å². The molecule has 0 spiro atoms. The third-order valence-corrected chi connectivity index (χ3v) is 5.57. The number of imidazole rings is 1. The molecule has 4 rings (SSSR count). The maximum Gasteiger partial charge on any atom is 0.261 e. The van der Waals surface area contributed by atoms with Gasteiger partial charge < -0.3 is 5.73 Å². The Morgan fingerprint density at radius 1 is 1.07 bits per heavy atom. The number of sulfonamides is 1. The quantitative estimate of drug-likeness (QED) is 0.492. The van der Waals surface area contributed by atoms with E-state index in [-0.39, 0.29) is 15.7 Å². The molecule has 3 N–H and O–H groups in total. The second-order valence-electron chi connectivity index (χ2n) is 5.79. The number of aromatic nitrogens is 4. The molecule has 3 aromatic heterocycles. The molecule has 0 unspecified atom stereocenters. The minimum absolute atomic E-state index is 0.0438. The van der Waals surface area contributed by atoms with Gasteiger partial charge in [0.15, 0.2) is 10.8 Å². The average Bonchev–Trinajstić information content (AvgIpc) is 3.04. The summed E-state index contributed by atoms with van der Waals surface area (Å²) >= 11 is 6.05. The number of rotatable bonds is 4. The average molecular weight is 419 g/mol. The Balaban J connectivity index is 1.72. The maximum atomic E-state index is 13.1. The number of halogens is 2. The van der Waals surface area contributed by atoms with Crippen LogP contribution in [0.2, 0.25) is 5.15 Å². The highest BCUT2D eigenvalue weighted by Crippen LogP contribution is 2.28. The van der Waals surface area contributed by atoms with Crippen molar-refractivity contribution in [2.24, 2.45) is 0 Å². The van der Waals surface area contributed by atoms with Crippen LogP contribution in [0.15, 0.2) is 59.8 Å². The highest BCUT2D eigenvalue weighted by atomic mass is 35.5. The number of hydrogen-bond donors (Lipinski definition) is 2. The third kappa shape index (κ3) is 3.35. The lowest BCUT2D eigenvalue weighted by molar-refractivity contribution is 0.599. The fraction of sp³-hybridized carbons (Fsp3) is 0. The first-order valence-corrected chi connectivity index (χ1v) is 9.74. The maximum absolute atomic E-state index is 13.1. The Morgan fingerprint density at radius 2 is 1.82 bits per heavy atom. The molecule has 8 nitrogen and oxygen atoms in total. The molecular formula is C17H12ClFN6O2S. The van der Waals surface area contributed by atoms with Crippen LogP contribution in [0.5, 0.6) is 0 Å². The van der Waals surface area contributed by atoms with Gasteiger partial charge in [-0.15, -0.1) is 0 Å². The Labute approximate surface area is 163 Å². The van der Waals surface area contributed by atoms with E-state index in [9.17, 15) is 12.8 Å². The van der Waals surface area contributed by atoms with Gasteiger partial charge in [0.05, 0.1) is 22.5 Å². The lowest BCUT2D eigenvalue weighted by atomic mass is 10.2. The predicted octanol–water partition coefficient (Wildman–Crippen LogP) is 2.97. The van der Waals surface area contributed by atoms with Crippen LogP contribution >= 0.6 is 11.6 Å². The number of fused-ring (bicyclic) bond motifs is 1. The summed E-state index contributed by atoms with van der Waals surface area (Å²) in [6, 6.07) is 9.33. The van der Waals surface area contributed by atoms with Crippen molar-refractivity contribution < 1.29 is 12.8 Å². The number of nitrogens with one attached hydrogen (secondary N) is 1. The van der Waals surface area contributed by atoms with Crippen LogP contribution in [0, 0.1) is 5.82 Å². The van der Waals surface area contributed by atoms with Crippen LogP contribution < -0.4 is 10.5 Å². The summed E-state index contributed by atoms with van der Waals surface area (Å²) < 4.78 is 41.9. The van der Waals surface area contributed by atoms with Gasteiger partial charge >= 0.3 is 0 Å². The van der Waals surface area contributed by atoms with Crippen molar-refractivity contribution in [1.29, 1.82) is 0 Å². The molecule has 0 saturated carbocycles. The number of benzene rings is 1. The summed E-state index contributed by atoms with van der Waals surface area (Å²) in [5, 5.41) is 4.32. The predicted molar refractivity (Wildman–Crippen MR) is 103 cm³/mol. The number of pyridine rings is 1. The van der Waals surface area contributed by atoms with Crippen LogP contribution in [0.3, 0.4) is 0 Å². The van der Waals surface area contributed by atoms with Crippen molar-refractivity contribution in [2.75, 3.05) is 10.5 Å². The normalized spacial score (nSPS) is 11.6. The first-order chi connectivity index (χ1) is 13.3. The van der Waals surface area contributed by atoms with Crippen LogP contribution in [-0.2, 0) is 10.0 Å². The molecule has 4 aromatic rings. The molecule has 3 heterocycles. The van der Waals surface area contributed by atoms with E-state index >= 15 is 0 Å². The van der Waals surface area contributed by atoms with Crippen molar-refractivity contribution in [3.05, 3.63) is 65.8 Å². The van der Waals surface area contributed by atoms with Crippen LogP contribution in [0.4, 0.5) is 15.9 Å². The Bertz CT molecular complexity index is 1290. The summed E-state index contributed by atoms with van der Waals surface area (Å²) in [5.41, 5.74) is 7.45. The lowest BCUT2D eigenvalue weighted by Gasteiger charge is -2.11. The Morgan fingerprint density at radius 3 is 2.57 bits per heavy atom. The highest BCUT2D eigenvalue weighted by Gasteiger charge is 2.17. The van der Waals surface area contributed by atoms with E-state index in [1.165, 1.54) is 23.0 Å². The van der Waals surface area contributed by atoms with Crippen molar-refractivity contribution in [3.8, 4) is 11.3 Å². The summed E-state index contributed by atoms with van der Waals surface area (Å²) in [7, 11) is -3.98. The first kappa shape index (κ1) is 18.1. The number of nitrogens with zero attached hydrogens (tertiary/aromatic N) is 4. The summed E-state index contributed by atoms with van der Waals surface area (Å²) in [5.74, 6) is -0.183. The first-order valence-electron chi connectivity index (χ1n) is 7.88. The van der Waals surface area contributed by atoms with E-state index in [1.54, 1.807) is 12.1 Å². The number of anilines is 2. The molecule has 0 aliphatic carbocycles. The van der Waals surface area contributed by atoms with Gasteiger partial charge in [-0.2, -0.15) is 9.61 Å². The Hall–Kier alpha value is -3.24. The second kappa shape index (κ2) is 6.73. The Kier molecular flexibility index (Phi) is 4.36. The van der Waals surface area contributed by atoms with Gasteiger partial charge in [0.25, 0.3) is 10.0 Å². The van der Waals surface area contributed by atoms with Crippen molar-refractivity contribution >= 4 is 38.8 Å². The molecule has 142 valence electrons. The molecular weight excluding hydrogens is 407 g/mol. The van der Waals surface area contributed by atoms with Crippen LogP contribution in [-0.4, -0.2) is 28.0 Å². The molecule has 0 fully saturated rings. The topological polar surface area (TPSA) is 115 Å². The molecule has 0 atom stereocenters. The van der Waals surface area contributed by atoms with Gasteiger partial charge in [-0.05, 0) is 42.5 Å². The van der Waals surface area contributed by atoms with Crippen LogP contribution in [0.25, 0.3) is 16.9 Å². The van der Waals surface area contributed by atoms with E-state index in [0.717, 1.165) is 24.3 Å². The molecule has 28 heavy (non-hydrogen) atoms. The molecule has 0 saturated heterocycles. The monoisotopic (exact) mass is 418 g/mol. The third-order valence-electron chi connectivity index (χ3n) is 3.89. The molecule has 0 radical (unpaired) electrons. The second-order valence-corrected chi connectivity index (χ2v) is 7.83.